The van der Waals surface area contributed by atoms with E-state index in [4.69, 9.17) is 0 Å². The molecule has 3 unspecified atom stereocenters. The molecule has 0 aromatic carbocycles. The van der Waals surface area contributed by atoms with E-state index >= 15 is 0 Å². The van der Waals surface area contributed by atoms with Crippen LogP contribution in [0.1, 0.15) is 40.0 Å². The molecule has 12 heavy (non-hydrogen) atoms. The van der Waals surface area contributed by atoms with Crippen molar-refractivity contribution in [3.8, 4) is 0 Å². The van der Waals surface area contributed by atoms with Crippen LogP contribution >= 0.6 is 0 Å². The summed E-state index contributed by atoms with van der Waals surface area (Å²) < 4.78 is 0. The zero-order valence-corrected chi connectivity index (χ0v) is 7.88. The van der Waals surface area contributed by atoms with Gasteiger partial charge in [0.1, 0.15) is 0 Å². The van der Waals surface area contributed by atoms with Crippen molar-refractivity contribution in [2.24, 2.45) is 17.8 Å². The molecule has 1 aliphatic carbocycles. The van der Waals surface area contributed by atoms with Crippen molar-refractivity contribution >= 4 is 68.9 Å². The second-order valence-corrected chi connectivity index (χ2v) is 4.39. The second kappa shape index (κ2) is 6.49. The summed E-state index contributed by atoms with van der Waals surface area (Å²) in [5.41, 5.74) is 0. The van der Waals surface area contributed by atoms with E-state index in [9.17, 15) is 5.11 Å². The van der Waals surface area contributed by atoms with Crippen molar-refractivity contribution in [3.63, 3.8) is 0 Å². The van der Waals surface area contributed by atoms with Gasteiger partial charge in [0.2, 0.25) is 0 Å². The summed E-state index contributed by atoms with van der Waals surface area (Å²) >= 11 is 0. The SMILES string of the molecule is CC1CCC(C(C)C)C(O)C1.[CsH]. The molecule has 0 saturated heterocycles. The summed E-state index contributed by atoms with van der Waals surface area (Å²) in [5, 5.41) is 9.71. The molecule has 1 saturated carbocycles. The molecule has 0 amide bonds. The molecule has 1 nitrogen and oxygen atoms in total. The van der Waals surface area contributed by atoms with Crippen molar-refractivity contribution in [1.29, 1.82) is 0 Å². The van der Waals surface area contributed by atoms with Gasteiger partial charge in [0.05, 0.1) is 6.10 Å². The number of hydrogen-bond donors (Lipinski definition) is 1. The van der Waals surface area contributed by atoms with Gasteiger partial charge in [-0.1, -0.05) is 27.2 Å². The van der Waals surface area contributed by atoms with Gasteiger partial charge in [0.25, 0.3) is 0 Å². The van der Waals surface area contributed by atoms with Crippen LogP contribution in [0.15, 0.2) is 0 Å². The molecule has 3 atom stereocenters. The molecule has 2 heteroatoms. The van der Waals surface area contributed by atoms with Crippen molar-refractivity contribution in [3.05, 3.63) is 0 Å². The summed E-state index contributed by atoms with van der Waals surface area (Å²) in [6.07, 6.45) is 3.52. The standard InChI is InChI=1S/C10H20O.Cs.H/c1-7(2)9-5-4-8(3)6-10(9)11;;/h7-11H,4-6H2,1-3H3;;. The first-order chi connectivity index (χ1) is 5.11. The molecule has 0 aromatic heterocycles. The van der Waals surface area contributed by atoms with Crippen LogP contribution in [0, 0.1) is 17.8 Å². The number of hydrogen-bond acceptors (Lipinski definition) is 1. The van der Waals surface area contributed by atoms with Gasteiger partial charge >= 0.3 is 68.9 Å². The third-order valence-corrected chi connectivity index (χ3v) is 2.99. The average molecular weight is 290 g/mol. The molecule has 68 valence electrons. The molecule has 0 aromatic rings. The van der Waals surface area contributed by atoms with Crippen molar-refractivity contribution in [2.75, 3.05) is 0 Å². The summed E-state index contributed by atoms with van der Waals surface area (Å²) in [6.45, 7) is 6.66. The van der Waals surface area contributed by atoms with E-state index in [-0.39, 0.29) is 75.0 Å². The first-order valence-corrected chi connectivity index (χ1v) is 4.79. The van der Waals surface area contributed by atoms with Gasteiger partial charge < -0.3 is 5.11 Å². The van der Waals surface area contributed by atoms with Crippen molar-refractivity contribution in [2.45, 2.75) is 46.1 Å². The zero-order chi connectivity index (χ0) is 8.43. The van der Waals surface area contributed by atoms with Gasteiger partial charge in [0, 0.05) is 0 Å². The van der Waals surface area contributed by atoms with Gasteiger partial charge in [-0.15, -0.1) is 0 Å². The zero-order valence-electron chi connectivity index (χ0n) is 7.88. The fourth-order valence-corrected chi connectivity index (χ4v) is 2.15. The van der Waals surface area contributed by atoms with Crippen LogP contribution in [0.5, 0.6) is 0 Å². The monoisotopic (exact) mass is 290 g/mol. The summed E-state index contributed by atoms with van der Waals surface area (Å²) in [5.74, 6) is 1.95. The van der Waals surface area contributed by atoms with Crippen LogP contribution < -0.4 is 0 Å². The van der Waals surface area contributed by atoms with Crippen LogP contribution in [0.25, 0.3) is 0 Å². The fraction of sp³-hybridized carbons (Fsp3) is 1.00. The third-order valence-electron chi connectivity index (χ3n) is 2.99. The Morgan fingerprint density at radius 2 is 1.83 bits per heavy atom. The first kappa shape index (κ1) is 14.0. The van der Waals surface area contributed by atoms with E-state index in [0.29, 0.717) is 11.8 Å². The Hall–Kier alpha value is 2.01. The molecule has 0 bridgehead atoms. The molecule has 1 N–H and O–H groups in total. The number of aliphatic hydroxyl groups excluding tert-OH is 1. The van der Waals surface area contributed by atoms with E-state index < -0.39 is 0 Å². The van der Waals surface area contributed by atoms with Crippen LogP contribution in [0.4, 0.5) is 0 Å². The fourth-order valence-electron chi connectivity index (χ4n) is 2.15. The molecular formula is C10H21CsO. The number of rotatable bonds is 1. The van der Waals surface area contributed by atoms with Crippen LogP contribution in [-0.2, 0) is 0 Å². The van der Waals surface area contributed by atoms with Crippen LogP contribution in [0.2, 0.25) is 0 Å². The third kappa shape index (κ3) is 4.03. The maximum atomic E-state index is 9.71. The quantitative estimate of drug-likeness (QED) is 0.780. The van der Waals surface area contributed by atoms with Gasteiger partial charge in [-0.25, -0.2) is 0 Å². The van der Waals surface area contributed by atoms with Gasteiger partial charge in [-0.2, -0.15) is 0 Å². The Kier molecular flexibility index (Phi) is 7.57. The molecule has 0 aliphatic heterocycles. The molecule has 0 heterocycles. The molecular weight excluding hydrogens is 269 g/mol. The Labute approximate surface area is 135 Å². The Morgan fingerprint density at radius 1 is 1.25 bits per heavy atom. The van der Waals surface area contributed by atoms with Crippen molar-refractivity contribution < 1.29 is 5.11 Å². The van der Waals surface area contributed by atoms with E-state index in [1.807, 2.05) is 0 Å². The van der Waals surface area contributed by atoms with E-state index in [2.05, 4.69) is 20.8 Å². The van der Waals surface area contributed by atoms with Gasteiger partial charge in [-0.05, 0) is 30.6 Å². The molecule has 1 aliphatic rings. The predicted molar refractivity (Wildman–Crippen MR) is 54.5 cm³/mol. The minimum absolute atomic E-state index is 0. The van der Waals surface area contributed by atoms with Gasteiger partial charge in [-0.3, -0.25) is 0 Å². The van der Waals surface area contributed by atoms with Crippen LogP contribution in [-0.4, -0.2) is 80.1 Å². The maximum absolute atomic E-state index is 9.71. The van der Waals surface area contributed by atoms with Gasteiger partial charge in [0.15, 0.2) is 0 Å². The molecule has 1 fully saturated rings. The van der Waals surface area contributed by atoms with E-state index in [0.717, 1.165) is 12.3 Å². The van der Waals surface area contributed by atoms with E-state index in [1.165, 1.54) is 12.8 Å². The normalized spacial score (nSPS) is 36.2. The summed E-state index contributed by atoms with van der Waals surface area (Å²) in [4.78, 5) is 0. The molecule has 1 rings (SSSR count). The first-order valence-electron chi connectivity index (χ1n) is 4.79. The predicted octanol–water partition coefficient (Wildman–Crippen LogP) is 1.79. The van der Waals surface area contributed by atoms with E-state index in [1.54, 1.807) is 0 Å². The average Bonchev–Trinajstić information content (AvgIpc) is 1.85. The summed E-state index contributed by atoms with van der Waals surface area (Å²) in [7, 11) is 0. The second-order valence-electron chi connectivity index (χ2n) is 4.39. The molecule has 0 spiro atoms. The molecule has 0 radical (unpaired) electrons. The Bertz CT molecular complexity index is 125. The van der Waals surface area contributed by atoms with Crippen LogP contribution in [0.3, 0.4) is 0 Å². The van der Waals surface area contributed by atoms with Crippen molar-refractivity contribution in [1.82, 2.24) is 0 Å². The minimum atomic E-state index is -0.0289. The topological polar surface area (TPSA) is 20.2 Å². The Balaban J connectivity index is 0.00000121. The Morgan fingerprint density at radius 3 is 2.25 bits per heavy atom. The summed E-state index contributed by atoms with van der Waals surface area (Å²) in [6, 6.07) is 0. The number of aliphatic hydroxyl groups is 1.